The third-order valence-corrected chi connectivity index (χ3v) is 8.20. The Kier molecular flexibility index (Phi) is 9.96. The Morgan fingerprint density at radius 1 is 0.407 bits per heavy atom. The Morgan fingerprint density at radius 3 is 0.889 bits per heavy atom. The van der Waals surface area contributed by atoms with Crippen molar-refractivity contribution in [2.75, 3.05) is 16.0 Å². The number of hydrogen-bond acceptors (Lipinski definition) is 12. The molecule has 0 aliphatic carbocycles. The average molecular weight is 724 g/mol. The van der Waals surface area contributed by atoms with Gasteiger partial charge in [0.05, 0.1) is 79.5 Å². The molecule has 0 aliphatic rings. The standard InChI is InChI=1S/C36H36N18/c1-49-19-20-50(2)34(49)46-43-28-13-7-25(8-14-28)37-31-40-32(38-26-9-15-29(16-10-26)44-47-35-51(3)21-22-52(35)4)42-33(41-31)39-27-11-17-30(18-12-27)45-48-36-53(5)23-24-54(36)6/h7-24H,1-6H3/p+3. The first-order valence-corrected chi connectivity index (χ1v) is 16.8. The van der Waals surface area contributed by atoms with Crippen LogP contribution in [0.3, 0.4) is 0 Å². The van der Waals surface area contributed by atoms with Crippen molar-refractivity contribution < 1.29 is 13.7 Å². The lowest BCUT2D eigenvalue weighted by atomic mass is 10.3. The first-order chi connectivity index (χ1) is 26.2. The molecule has 0 spiro atoms. The molecule has 3 N–H and O–H groups in total. The lowest BCUT2D eigenvalue weighted by Crippen LogP contribution is -2.25. The van der Waals surface area contributed by atoms with E-state index in [1.165, 1.54) is 0 Å². The highest BCUT2D eigenvalue weighted by atomic mass is 15.3. The van der Waals surface area contributed by atoms with E-state index in [-0.39, 0.29) is 0 Å². The largest absolute Gasteiger partial charge is 0.421 e. The summed E-state index contributed by atoms with van der Waals surface area (Å²) < 4.78 is 11.4. The van der Waals surface area contributed by atoms with Crippen LogP contribution in [0.25, 0.3) is 0 Å². The van der Waals surface area contributed by atoms with Gasteiger partial charge in [0.15, 0.2) is 0 Å². The minimum Gasteiger partial charge on any atom is -0.324 e. The highest BCUT2D eigenvalue weighted by molar-refractivity contribution is 5.64. The van der Waals surface area contributed by atoms with Gasteiger partial charge < -0.3 is 16.0 Å². The first kappa shape index (κ1) is 34.9. The van der Waals surface area contributed by atoms with Gasteiger partial charge in [-0.25, -0.2) is 27.4 Å². The predicted octanol–water partition coefficient (Wildman–Crippen LogP) is 6.84. The molecular weight excluding hydrogens is 685 g/mol. The number of imidazole rings is 3. The van der Waals surface area contributed by atoms with Crippen LogP contribution in [0.4, 0.5) is 69.8 Å². The number of hydrogen-bond donors (Lipinski definition) is 3. The van der Waals surface area contributed by atoms with Crippen LogP contribution in [-0.4, -0.2) is 28.7 Å². The summed E-state index contributed by atoms with van der Waals surface area (Å²) in [5.41, 5.74) is 4.35. The molecule has 0 aliphatic heterocycles. The van der Waals surface area contributed by atoms with Crippen LogP contribution < -0.4 is 29.7 Å². The highest BCUT2D eigenvalue weighted by Gasteiger charge is 2.14. The van der Waals surface area contributed by atoms with E-state index in [1.807, 2.05) is 180 Å². The number of aromatic nitrogens is 9. The van der Waals surface area contributed by atoms with Gasteiger partial charge >= 0.3 is 17.8 Å². The van der Waals surface area contributed by atoms with E-state index in [0.717, 1.165) is 34.9 Å². The Morgan fingerprint density at radius 2 is 0.667 bits per heavy atom. The molecule has 0 bridgehead atoms. The van der Waals surface area contributed by atoms with Crippen molar-refractivity contribution in [3.05, 3.63) is 110 Å². The molecule has 0 saturated heterocycles. The van der Waals surface area contributed by atoms with Gasteiger partial charge in [-0.3, -0.25) is 0 Å². The van der Waals surface area contributed by atoms with Gasteiger partial charge in [0.1, 0.15) is 17.1 Å². The molecule has 4 aromatic heterocycles. The van der Waals surface area contributed by atoms with Crippen LogP contribution in [0, 0.1) is 0 Å². The first-order valence-electron chi connectivity index (χ1n) is 16.8. The second-order valence-electron chi connectivity index (χ2n) is 12.4. The van der Waals surface area contributed by atoms with E-state index in [2.05, 4.69) is 61.6 Å². The zero-order valence-corrected chi connectivity index (χ0v) is 30.6. The normalized spacial score (nSPS) is 11.7. The maximum atomic E-state index is 4.66. The molecule has 0 fully saturated rings. The molecule has 3 aromatic carbocycles. The summed E-state index contributed by atoms with van der Waals surface area (Å²) in [5, 5.41) is 36.1. The van der Waals surface area contributed by atoms with E-state index < -0.39 is 0 Å². The zero-order valence-electron chi connectivity index (χ0n) is 30.6. The molecule has 7 aromatic rings. The van der Waals surface area contributed by atoms with Crippen molar-refractivity contribution in [3.63, 3.8) is 0 Å². The van der Waals surface area contributed by atoms with Crippen LogP contribution in [-0.2, 0) is 42.3 Å². The molecule has 18 heteroatoms. The van der Waals surface area contributed by atoms with Crippen molar-refractivity contribution in [3.8, 4) is 0 Å². The van der Waals surface area contributed by atoms with Crippen LogP contribution in [0.5, 0.6) is 0 Å². The zero-order chi connectivity index (χ0) is 37.6. The maximum Gasteiger partial charge on any atom is 0.421 e. The Bertz CT molecular complexity index is 2120. The van der Waals surface area contributed by atoms with Gasteiger partial charge in [-0.05, 0) is 72.8 Å². The minimum atomic E-state index is 0.321. The summed E-state index contributed by atoms with van der Waals surface area (Å²) in [4.78, 5) is 14.0. The van der Waals surface area contributed by atoms with Crippen molar-refractivity contribution in [2.45, 2.75) is 0 Å². The van der Waals surface area contributed by atoms with E-state index in [4.69, 9.17) is 0 Å². The number of benzene rings is 3. The van der Waals surface area contributed by atoms with Gasteiger partial charge in [-0.1, -0.05) is 15.3 Å². The lowest BCUT2D eigenvalue weighted by Gasteiger charge is -2.12. The fourth-order valence-corrected chi connectivity index (χ4v) is 5.24. The Hall–Kier alpha value is -7.50. The topological polar surface area (TPSA) is 175 Å². The van der Waals surface area contributed by atoms with Crippen LogP contribution >= 0.6 is 0 Å². The number of nitrogens with zero attached hydrogens (tertiary/aromatic N) is 15. The molecule has 18 nitrogen and oxygen atoms in total. The molecule has 4 heterocycles. The molecule has 0 amide bonds. The average Bonchev–Trinajstić information content (AvgIpc) is 3.79. The third-order valence-electron chi connectivity index (χ3n) is 8.20. The van der Waals surface area contributed by atoms with Crippen molar-refractivity contribution in [1.82, 2.24) is 28.7 Å². The van der Waals surface area contributed by atoms with Gasteiger partial charge in [-0.2, -0.15) is 15.0 Å². The third kappa shape index (κ3) is 8.34. The monoisotopic (exact) mass is 723 g/mol. The van der Waals surface area contributed by atoms with Crippen molar-refractivity contribution in [2.24, 2.45) is 73.0 Å². The fourth-order valence-electron chi connectivity index (χ4n) is 5.24. The van der Waals surface area contributed by atoms with Gasteiger partial charge in [-0.15, -0.1) is 0 Å². The second-order valence-corrected chi connectivity index (χ2v) is 12.4. The smallest absolute Gasteiger partial charge is 0.324 e. The number of aryl methyl sites for hydroxylation is 6. The van der Waals surface area contributed by atoms with Crippen molar-refractivity contribution >= 4 is 69.8 Å². The summed E-state index contributed by atoms with van der Waals surface area (Å²) in [5.74, 6) is 3.14. The molecule has 0 unspecified atom stereocenters. The molecule has 0 atom stereocenters. The Labute approximate surface area is 310 Å². The summed E-state index contributed by atoms with van der Waals surface area (Å²) in [6.45, 7) is 0. The fraction of sp³-hybridized carbons (Fsp3) is 0.167. The number of rotatable bonds is 12. The summed E-state index contributed by atoms with van der Waals surface area (Å²) in [7, 11) is 11.5. The summed E-state index contributed by atoms with van der Waals surface area (Å²) in [6.07, 6.45) is 11.5. The quantitative estimate of drug-likeness (QED) is 0.0919. The van der Waals surface area contributed by atoms with Gasteiger partial charge in [0, 0.05) is 32.4 Å². The van der Waals surface area contributed by atoms with Crippen LogP contribution in [0.2, 0.25) is 0 Å². The highest BCUT2D eigenvalue weighted by Crippen LogP contribution is 2.26. The number of anilines is 6. The van der Waals surface area contributed by atoms with Crippen LogP contribution in [0.1, 0.15) is 0 Å². The Balaban J connectivity index is 1.10. The SMILES string of the molecule is Cn1cc[n+](C)c1/N=N/c1ccc(Nc2nc(Nc3ccc(/N=N/c4n(C)cc[n+]4C)cc3)nc(Nc3ccc(/N=N/c4n(C)cc[n+]4C)cc3)n2)cc1. The molecular formula is C36H39N18+3. The minimum absolute atomic E-state index is 0.321. The van der Waals surface area contributed by atoms with Gasteiger partial charge in [0.25, 0.3) is 0 Å². The maximum absolute atomic E-state index is 4.66. The molecule has 7 rings (SSSR count). The van der Waals surface area contributed by atoms with Crippen molar-refractivity contribution in [1.29, 1.82) is 0 Å². The van der Waals surface area contributed by atoms with E-state index in [1.54, 1.807) is 0 Å². The van der Waals surface area contributed by atoms with E-state index >= 15 is 0 Å². The number of azo groups is 3. The lowest BCUT2D eigenvalue weighted by molar-refractivity contribution is -0.657. The van der Waals surface area contributed by atoms with E-state index in [0.29, 0.717) is 34.9 Å². The number of nitrogens with one attached hydrogen (secondary N) is 3. The predicted molar refractivity (Wildman–Crippen MR) is 201 cm³/mol. The molecule has 0 saturated carbocycles. The van der Waals surface area contributed by atoms with E-state index in [9.17, 15) is 0 Å². The van der Waals surface area contributed by atoms with Gasteiger partial charge in [0.2, 0.25) is 17.8 Å². The molecule has 270 valence electrons. The second kappa shape index (κ2) is 15.4. The summed E-state index contributed by atoms with van der Waals surface area (Å²) in [6, 6.07) is 22.5. The van der Waals surface area contributed by atoms with Crippen LogP contribution in [0.15, 0.2) is 141 Å². The summed E-state index contributed by atoms with van der Waals surface area (Å²) >= 11 is 0. The molecule has 0 radical (unpaired) electrons. The molecule has 54 heavy (non-hydrogen) atoms.